The molecule has 0 atom stereocenters. The summed E-state index contributed by atoms with van der Waals surface area (Å²) in [4.78, 5) is 5.28. The summed E-state index contributed by atoms with van der Waals surface area (Å²) in [5.41, 5.74) is 11.9. The fourth-order valence-electron chi connectivity index (χ4n) is 8.00. The van der Waals surface area contributed by atoms with Gasteiger partial charge in [-0.25, -0.2) is 18.1 Å². The van der Waals surface area contributed by atoms with Crippen molar-refractivity contribution in [1.29, 1.82) is 0 Å². The summed E-state index contributed by atoms with van der Waals surface area (Å²) >= 11 is 0. The van der Waals surface area contributed by atoms with E-state index in [4.69, 9.17) is 9.41 Å². The lowest BCUT2D eigenvalue weighted by Gasteiger charge is -2.33. The van der Waals surface area contributed by atoms with Crippen LogP contribution in [0.4, 0.5) is 17.1 Å². The van der Waals surface area contributed by atoms with Crippen LogP contribution >= 0.6 is 0 Å². The van der Waals surface area contributed by atoms with Gasteiger partial charge in [0.25, 0.3) is 0 Å². The van der Waals surface area contributed by atoms with Gasteiger partial charge in [0.1, 0.15) is 11.3 Å². The Kier molecular flexibility index (Phi) is 9.75. The minimum atomic E-state index is -3.94. The highest BCUT2D eigenvalue weighted by atomic mass is 32.2. The molecule has 4 aromatic carbocycles. The molecule has 0 saturated heterocycles. The van der Waals surface area contributed by atoms with Gasteiger partial charge in [0.2, 0.25) is 10.0 Å². The van der Waals surface area contributed by atoms with E-state index in [2.05, 4.69) is 96.6 Å². The Morgan fingerprint density at radius 2 is 1.31 bits per heavy atom. The molecule has 6 rings (SSSR count). The number of fused-ring (bicyclic) bond motifs is 2. The molecule has 4 aromatic rings. The number of aryl methyl sites for hydroxylation is 6. The lowest BCUT2D eigenvalue weighted by atomic mass is 9.82. The number of hydrogen-bond donors (Lipinski definition) is 2. The molecule has 52 heavy (non-hydrogen) atoms. The second kappa shape index (κ2) is 13.7. The summed E-state index contributed by atoms with van der Waals surface area (Å²) in [5, 5.41) is 5.18. The van der Waals surface area contributed by atoms with E-state index < -0.39 is 15.6 Å². The van der Waals surface area contributed by atoms with E-state index in [-0.39, 0.29) is 10.3 Å². The third kappa shape index (κ3) is 7.86. The zero-order valence-corrected chi connectivity index (χ0v) is 33.2. The van der Waals surface area contributed by atoms with Crippen molar-refractivity contribution in [2.45, 2.75) is 93.0 Å². The van der Waals surface area contributed by atoms with Gasteiger partial charge in [0, 0.05) is 51.1 Å². The summed E-state index contributed by atoms with van der Waals surface area (Å²) in [6.07, 6.45) is 0.666. The molecule has 0 radical (unpaired) electrons. The maximum absolute atomic E-state index is 14.3. The average Bonchev–Trinajstić information content (AvgIpc) is 3.01. The number of anilines is 2. The van der Waals surface area contributed by atoms with E-state index >= 15 is 0 Å². The molecule has 270 valence electrons. The summed E-state index contributed by atoms with van der Waals surface area (Å²) in [7, 11) is -3.94. The van der Waals surface area contributed by atoms with Crippen LogP contribution in [0.1, 0.15) is 74.4 Å². The molecule has 0 spiro atoms. The lowest BCUT2D eigenvalue weighted by molar-refractivity contribution is 0.269. The van der Waals surface area contributed by atoms with E-state index in [0.717, 1.165) is 61.2 Å². The summed E-state index contributed by atoms with van der Waals surface area (Å²) in [5.74, 6) is 0.610. The van der Waals surface area contributed by atoms with Crippen molar-refractivity contribution >= 4 is 38.1 Å². The molecule has 1 aliphatic carbocycles. The van der Waals surface area contributed by atoms with Crippen molar-refractivity contribution in [3.63, 3.8) is 0 Å². The second-order valence-electron chi connectivity index (χ2n) is 16.3. The predicted molar refractivity (Wildman–Crippen MR) is 217 cm³/mol. The molecule has 0 unspecified atom stereocenters. The fraction of sp³-hybridized carbons (Fsp3) is 0.311. The maximum Gasteiger partial charge on any atom is 0.241 e. The van der Waals surface area contributed by atoms with E-state index in [0.29, 0.717) is 23.3 Å². The molecule has 2 aliphatic rings. The minimum absolute atomic E-state index is 0.0707. The first-order valence-corrected chi connectivity index (χ1v) is 19.4. The van der Waals surface area contributed by atoms with Gasteiger partial charge >= 0.3 is 0 Å². The first-order valence-electron chi connectivity index (χ1n) is 17.9. The number of sulfonamides is 1. The molecule has 0 saturated carbocycles. The van der Waals surface area contributed by atoms with Gasteiger partial charge in [-0.3, -0.25) is 0 Å². The number of hydrogen-bond acceptors (Lipinski definition) is 5. The van der Waals surface area contributed by atoms with Crippen LogP contribution in [0.3, 0.4) is 0 Å². The number of nitrogens with zero attached hydrogens (tertiary/aromatic N) is 1. The van der Waals surface area contributed by atoms with Crippen molar-refractivity contribution in [2.75, 3.05) is 5.32 Å². The van der Waals surface area contributed by atoms with E-state index in [9.17, 15) is 8.42 Å². The second-order valence-corrected chi connectivity index (χ2v) is 18.0. The molecule has 2 N–H and O–H groups in total. The third-order valence-corrected chi connectivity index (χ3v) is 11.1. The number of rotatable bonds is 8. The van der Waals surface area contributed by atoms with Gasteiger partial charge in [-0.2, -0.15) is 0 Å². The zero-order chi connectivity index (χ0) is 37.7. The Labute approximate surface area is 309 Å². The van der Waals surface area contributed by atoms with E-state index in [1.165, 1.54) is 11.1 Å². The molecule has 0 fully saturated rings. The predicted octanol–water partition coefficient (Wildman–Crippen LogP) is 11.5. The van der Waals surface area contributed by atoms with Crippen LogP contribution in [0, 0.1) is 47.0 Å². The average molecular weight is 714 g/mol. The Morgan fingerprint density at radius 3 is 1.94 bits per heavy atom. The normalized spacial score (nSPS) is 12.9. The first kappa shape index (κ1) is 37.1. The minimum Gasteiger partial charge on any atom is -0.456 e. The van der Waals surface area contributed by atoms with Crippen LogP contribution in [-0.2, 0) is 10.0 Å². The topological polar surface area (TPSA) is 83.7 Å². The van der Waals surface area contributed by atoms with Crippen molar-refractivity contribution in [3.8, 4) is 22.5 Å². The van der Waals surface area contributed by atoms with Crippen LogP contribution in [-0.4, -0.2) is 14.0 Å². The largest absolute Gasteiger partial charge is 0.456 e. The molecule has 6 nitrogen and oxygen atoms in total. The summed E-state index contributed by atoms with van der Waals surface area (Å²) in [6.45, 7) is 22.8. The highest BCUT2D eigenvalue weighted by Gasteiger charge is 2.32. The Morgan fingerprint density at radius 1 is 0.692 bits per heavy atom. The monoisotopic (exact) mass is 713 g/mol. The van der Waals surface area contributed by atoms with Crippen molar-refractivity contribution < 1.29 is 12.8 Å². The Balaban J connectivity index is 1.59. The number of benzene rings is 5. The zero-order valence-electron chi connectivity index (χ0n) is 32.4. The van der Waals surface area contributed by atoms with Gasteiger partial charge in [-0.1, -0.05) is 74.4 Å². The Hall–Kier alpha value is -4.72. The molecule has 1 aliphatic heterocycles. The summed E-state index contributed by atoms with van der Waals surface area (Å²) < 4.78 is 38.4. The first-order chi connectivity index (χ1) is 24.3. The molecular weight excluding hydrogens is 663 g/mol. The van der Waals surface area contributed by atoms with Crippen LogP contribution in [0.2, 0.25) is 0 Å². The Bertz CT molecular complexity index is 2440. The van der Waals surface area contributed by atoms with Crippen molar-refractivity contribution in [2.24, 2.45) is 10.4 Å². The van der Waals surface area contributed by atoms with Gasteiger partial charge in [0.15, 0.2) is 0 Å². The van der Waals surface area contributed by atoms with Crippen molar-refractivity contribution in [3.05, 3.63) is 124 Å². The van der Waals surface area contributed by atoms with Crippen LogP contribution < -0.4 is 15.4 Å². The lowest BCUT2D eigenvalue weighted by Crippen LogP contribution is -2.45. The quantitative estimate of drug-likeness (QED) is 0.154. The highest BCUT2D eigenvalue weighted by molar-refractivity contribution is 7.89. The van der Waals surface area contributed by atoms with E-state index in [1.807, 2.05) is 62.4 Å². The number of nitrogens with one attached hydrogen (secondary N) is 2. The molecular formula is C45H51N3O3S. The van der Waals surface area contributed by atoms with Crippen molar-refractivity contribution in [1.82, 2.24) is 4.72 Å². The van der Waals surface area contributed by atoms with Gasteiger partial charge in [-0.15, -0.1) is 0 Å². The van der Waals surface area contributed by atoms with Gasteiger partial charge in [0.05, 0.1) is 15.9 Å². The van der Waals surface area contributed by atoms with Gasteiger partial charge in [-0.05, 0) is 120 Å². The van der Waals surface area contributed by atoms with E-state index in [1.54, 1.807) is 12.1 Å². The van der Waals surface area contributed by atoms with Crippen LogP contribution in [0.15, 0.2) is 99.2 Å². The van der Waals surface area contributed by atoms with Crippen LogP contribution in [0.5, 0.6) is 0 Å². The van der Waals surface area contributed by atoms with Gasteiger partial charge < -0.3 is 9.73 Å². The fourth-order valence-corrected chi connectivity index (χ4v) is 9.63. The smallest absolute Gasteiger partial charge is 0.241 e. The SMILES string of the molecule is Cc1cc(C)c(/N=c2/ccc3c(-c4ccccc4S(=O)(=O)NC(C)(C)CC(C)(C)C)c4ccc(Nc5c(C)cc(C)cc5C)cc4oc-3c2)c(C)c1. The highest BCUT2D eigenvalue weighted by Crippen LogP contribution is 2.43. The third-order valence-electron chi connectivity index (χ3n) is 9.36. The van der Waals surface area contributed by atoms with Crippen LogP contribution in [0.25, 0.3) is 33.4 Å². The maximum atomic E-state index is 14.3. The molecule has 7 heteroatoms. The summed E-state index contributed by atoms with van der Waals surface area (Å²) in [6, 6.07) is 27.9. The molecule has 0 bridgehead atoms. The standard InChI is InChI=1S/C45H51N3O3S/c1-27-20-29(3)42(30(4)21-27)46-33-16-18-35-38(24-33)51-39-25-34(47-43-31(5)22-28(2)23-32(43)6)17-19-36(39)41(35)37-14-12-13-15-40(37)52(49,50)48-45(10,11)26-44(7,8)9/h12-25,46,48H,26H2,1-11H3/b47-34-. The molecule has 1 heterocycles. The molecule has 0 aromatic heterocycles. The molecule has 0 amide bonds.